The van der Waals surface area contributed by atoms with Crippen LogP contribution in [0.2, 0.25) is 0 Å². The van der Waals surface area contributed by atoms with Crippen LogP contribution < -0.4 is 0 Å². The molecule has 3 aromatic carbocycles. The van der Waals surface area contributed by atoms with Gasteiger partial charge >= 0.3 is 0 Å². The van der Waals surface area contributed by atoms with E-state index in [1.54, 1.807) is 16.2 Å². The minimum Gasteiger partial charge on any atom is -0.332 e. The van der Waals surface area contributed by atoms with Gasteiger partial charge in [-0.1, -0.05) is 97.9 Å². The van der Waals surface area contributed by atoms with Crippen LogP contribution in [0.4, 0.5) is 0 Å². The summed E-state index contributed by atoms with van der Waals surface area (Å²) in [5.74, 6) is -0.562. The summed E-state index contributed by atoms with van der Waals surface area (Å²) in [5.41, 5.74) is 4.12. The van der Waals surface area contributed by atoms with E-state index < -0.39 is 5.92 Å². The average molecular weight is 525 g/mol. The van der Waals surface area contributed by atoms with Gasteiger partial charge in [-0.05, 0) is 54.0 Å². The molecule has 0 aliphatic rings. The first kappa shape index (κ1) is 27.3. The first-order valence-electron chi connectivity index (χ1n) is 13.2. The van der Waals surface area contributed by atoms with E-state index in [2.05, 4.69) is 25.3 Å². The number of amides is 2. The fraction of sp³-hybridized carbons (Fsp3) is 0.273. The largest absolute Gasteiger partial charge is 0.332 e. The van der Waals surface area contributed by atoms with Gasteiger partial charge in [0.25, 0.3) is 0 Å². The van der Waals surface area contributed by atoms with Gasteiger partial charge in [-0.25, -0.2) is 0 Å². The number of aryl methyl sites for hydroxylation is 1. The summed E-state index contributed by atoms with van der Waals surface area (Å²) in [5, 5.41) is 2.06. The topological polar surface area (TPSA) is 40.6 Å². The van der Waals surface area contributed by atoms with Crippen molar-refractivity contribution in [1.82, 2.24) is 9.80 Å². The maximum absolute atomic E-state index is 14.3. The summed E-state index contributed by atoms with van der Waals surface area (Å²) in [6, 6.07) is 31.8. The molecule has 2 amide bonds. The highest BCUT2D eigenvalue weighted by Crippen LogP contribution is 2.28. The van der Waals surface area contributed by atoms with Crippen LogP contribution >= 0.6 is 11.3 Å². The van der Waals surface area contributed by atoms with Crippen molar-refractivity contribution in [2.75, 3.05) is 6.54 Å². The van der Waals surface area contributed by atoms with Crippen LogP contribution in [0.1, 0.15) is 53.3 Å². The number of thiophene rings is 1. The molecule has 1 unspecified atom stereocenters. The van der Waals surface area contributed by atoms with E-state index in [1.165, 1.54) is 10.4 Å². The van der Waals surface area contributed by atoms with E-state index in [-0.39, 0.29) is 24.4 Å². The molecule has 4 nitrogen and oxygen atoms in total. The van der Waals surface area contributed by atoms with Gasteiger partial charge < -0.3 is 9.80 Å². The molecule has 1 atom stereocenters. The second kappa shape index (κ2) is 13.2. The standard InChI is InChI=1S/C33H36N2O2S/c1-4-26(3)35(33(37)32(28-16-10-6-11-17-28)29-18-12-7-13-19-29)24-31(36)34(22-27-14-8-5-9-15-27)23-30-25(2)20-21-38-30/h5-21,26,32H,4,22-24H2,1-3H3. The summed E-state index contributed by atoms with van der Waals surface area (Å²) in [6.45, 7) is 7.24. The van der Waals surface area contributed by atoms with Gasteiger partial charge in [0.1, 0.15) is 6.54 Å². The predicted octanol–water partition coefficient (Wildman–Crippen LogP) is 7.04. The third-order valence-electron chi connectivity index (χ3n) is 7.10. The van der Waals surface area contributed by atoms with Crippen LogP contribution in [0, 0.1) is 6.92 Å². The molecule has 0 saturated heterocycles. The van der Waals surface area contributed by atoms with Gasteiger partial charge in [-0.3, -0.25) is 9.59 Å². The van der Waals surface area contributed by atoms with Crippen LogP contribution in [-0.4, -0.2) is 34.2 Å². The molecule has 196 valence electrons. The smallest absolute Gasteiger partial charge is 0.242 e. The van der Waals surface area contributed by atoms with E-state index in [0.717, 1.165) is 23.1 Å². The van der Waals surface area contributed by atoms with Gasteiger partial charge in [-0.15, -0.1) is 11.3 Å². The summed E-state index contributed by atoms with van der Waals surface area (Å²) >= 11 is 1.67. The summed E-state index contributed by atoms with van der Waals surface area (Å²) < 4.78 is 0. The van der Waals surface area contributed by atoms with Crippen molar-refractivity contribution in [3.63, 3.8) is 0 Å². The van der Waals surface area contributed by atoms with E-state index in [1.807, 2.05) is 103 Å². The van der Waals surface area contributed by atoms with Crippen LogP contribution in [0.5, 0.6) is 0 Å². The Morgan fingerprint density at radius 2 is 1.34 bits per heavy atom. The first-order valence-corrected chi connectivity index (χ1v) is 14.1. The molecule has 0 fully saturated rings. The lowest BCUT2D eigenvalue weighted by molar-refractivity contribution is -0.143. The normalized spacial score (nSPS) is 11.8. The van der Waals surface area contributed by atoms with Crippen molar-refractivity contribution in [1.29, 1.82) is 0 Å². The van der Waals surface area contributed by atoms with Gasteiger partial charge in [0.15, 0.2) is 0 Å². The molecule has 0 spiro atoms. The van der Waals surface area contributed by atoms with Crippen LogP contribution in [0.3, 0.4) is 0 Å². The summed E-state index contributed by atoms with van der Waals surface area (Å²) in [4.78, 5) is 33.1. The lowest BCUT2D eigenvalue weighted by Crippen LogP contribution is -2.48. The van der Waals surface area contributed by atoms with Crippen molar-refractivity contribution in [3.05, 3.63) is 130 Å². The van der Waals surface area contributed by atoms with Gasteiger partial charge in [0.2, 0.25) is 11.8 Å². The Hall–Kier alpha value is -3.70. The minimum atomic E-state index is -0.471. The maximum Gasteiger partial charge on any atom is 0.242 e. The van der Waals surface area contributed by atoms with E-state index >= 15 is 0 Å². The quantitative estimate of drug-likeness (QED) is 0.211. The van der Waals surface area contributed by atoms with Crippen molar-refractivity contribution < 1.29 is 9.59 Å². The fourth-order valence-electron chi connectivity index (χ4n) is 4.63. The number of benzene rings is 3. The Labute approximate surface area is 230 Å². The van der Waals surface area contributed by atoms with Crippen LogP contribution in [0.15, 0.2) is 102 Å². The van der Waals surface area contributed by atoms with Crippen LogP contribution in [-0.2, 0) is 22.7 Å². The second-order valence-corrected chi connectivity index (χ2v) is 10.7. The minimum absolute atomic E-state index is 0.0429. The van der Waals surface area contributed by atoms with E-state index in [4.69, 9.17) is 0 Å². The van der Waals surface area contributed by atoms with Crippen molar-refractivity contribution in [3.8, 4) is 0 Å². The molecule has 5 heteroatoms. The number of nitrogens with zero attached hydrogens (tertiary/aromatic N) is 2. The third-order valence-corrected chi connectivity index (χ3v) is 8.10. The van der Waals surface area contributed by atoms with Gasteiger partial charge in [-0.2, -0.15) is 0 Å². The predicted molar refractivity (Wildman–Crippen MR) is 156 cm³/mol. The number of hydrogen-bond donors (Lipinski definition) is 0. The fourth-order valence-corrected chi connectivity index (χ4v) is 5.55. The SMILES string of the molecule is CCC(C)N(CC(=O)N(Cc1ccccc1)Cc1sccc1C)C(=O)C(c1ccccc1)c1ccccc1. The molecule has 0 aliphatic carbocycles. The summed E-state index contributed by atoms with van der Waals surface area (Å²) in [7, 11) is 0. The molecule has 1 aromatic heterocycles. The number of carbonyl (C=O) groups is 2. The molecule has 1 heterocycles. The van der Waals surface area contributed by atoms with E-state index in [0.29, 0.717) is 13.1 Å². The zero-order valence-corrected chi connectivity index (χ0v) is 23.2. The zero-order chi connectivity index (χ0) is 26.9. The Morgan fingerprint density at radius 1 is 0.789 bits per heavy atom. The van der Waals surface area contributed by atoms with E-state index in [9.17, 15) is 9.59 Å². The first-order chi connectivity index (χ1) is 18.5. The zero-order valence-electron chi connectivity index (χ0n) is 22.4. The Kier molecular flexibility index (Phi) is 9.50. The monoisotopic (exact) mass is 524 g/mol. The highest BCUT2D eigenvalue weighted by molar-refractivity contribution is 7.10. The number of carbonyl (C=O) groups excluding carboxylic acids is 2. The molecule has 0 bridgehead atoms. The molecule has 0 N–H and O–H groups in total. The average Bonchev–Trinajstić information content (AvgIpc) is 3.36. The molecular formula is C33H36N2O2S. The molecule has 4 rings (SSSR count). The molecule has 38 heavy (non-hydrogen) atoms. The highest BCUT2D eigenvalue weighted by atomic mass is 32.1. The third kappa shape index (κ3) is 6.78. The second-order valence-electron chi connectivity index (χ2n) is 9.74. The molecule has 0 aliphatic heterocycles. The van der Waals surface area contributed by atoms with Gasteiger partial charge in [0, 0.05) is 17.5 Å². The lowest BCUT2D eigenvalue weighted by Gasteiger charge is -2.34. The summed E-state index contributed by atoms with van der Waals surface area (Å²) in [6.07, 6.45) is 0.762. The lowest BCUT2D eigenvalue weighted by atomic mass is 9.89. The van der Waals surface area contributed by atoms with Gasteiger partial charge in [0.05, 0.1) is 12.5 Å². The van der Waals surface area contributed by atoms with Crippen molar-refractivity contribution in [2.45, 2.75) is 52.2 Å². The number of rotatable bonds is 11. The Morgan fingerprint density at radius 3 is 1.84 bits per heavy atom. The molecular weight excluding hydrogens is 488 g/mol. The highest BCUT2D eigenvalue weighted by Gasteiger charge is 2.32. The Bertz CT molecular complexity index is 1270. The Balaban J connectivity index is 1.65. The molecule has 0 saturated carbocycles. The number of hydrogen-bond acceptors (Lipinski definition) is 3. The van der Waals surface area contributed by atoms with Crippen molar-refractivity contribution >= 4 is 23.2 Å². The molecule has 0 radical (unpaired) electrons. The maximum atomic E-state index is 14.3. The van der Waals surface area contributed by atoms with Crippen molar-refractivity contribution in [2.24, 2.45) is 0 Å². The molecule has 4 aromatic rings. The van der Waals surface area contributed by atoms with Crippen LogP contribution in [0.25, 0.3) is 0 Å².